The molecular formula is C33H30F3N3O3. The quantitative estimate of drug-likeness (QED) is 0.255. The molecule has 1 saturated heterocycles. The van der Waals surface area contributed by atoms with Crippen LogP contribution in [0.2, 0.25) is 0 Å². The van der Waals surface area contributed by atoms with Gasteiger partial charge < -0.3 is 19.9 Å². The molecule has 0 unspecified atom stereocenters. The van der Waals surface area contributed by atoms with Crippen molar-refractivity contribution < 1.29 is 27.9 Å². The van der Waals surface area contributed by atoms with Gasteiger partial charge in [0.05, 0.1) is 27.7 Å². The van der Waals surface area contributed by atoms with E-state index >= 15 is 0 Å². The molecule has 2 aliphatic carbocycles. The molecule has 6 nitrogen and oxygen atoms in total. The number of nitrogens with zero attached hydrogens (tertiary/aromatic N) is 2. The van der Waals surface area contributed by atoms with Crippen LogP contribution in [0.25, 0.3) is 10.9 Å². The van der Waals surface area contributed by atoms with Crippen LogP contribution in [0.3, 0.4) is 0 Å². The van der Waals surface area contributed by atoms with Crippen molar-refractivity contribution in [2.24, 2.45) is 5.41 Å². The van der Waals surface area contributed by atoms with Crippen LogP contribution in [0.15, 0.2) is 72.9 Å². The third-order valence-electron chi connectivity index (χ3n) is 9.34. The Morgan fingerprint density at radius 3 is 2.17 bits per heavy atom. The molecule has 1 spiro atoms. The Morgan fingerprint density at radius 1 is 0.905 bits per heavy atom. The second-order valence-electron chi connectivity index (χ2n) is 12.2. The minimum atomic E-state index is -4.40. The summed E-state index contributed by atoms with van der Waals surface area (Å²) >= 11 is 0. The van der Waals surface area contributed by atoms with Crippen molar-refractivity contribution in [3.05, 3.63) is 101 Å². The van der Waals surface area contributed by atoms with Gasteiger partial charge in [-0.3, -0.25) is 4.79 Å². The maximum absolute atomic E-state index is 14.0. The van der Waals surface area contributed by atoms with Crippen molar-refractivity contribution in [3.8, 4) is 0 Å². The van der Waals surface area contributed by atoms with Crippen LogP contribution in [0.1, 0.15) is 69.5 Å². The average molecular weight is 574 g/mol. The SMILES string of the molecule is O=C(O)c1ccc(C2(NC(=O)c3cc(N4CC5(CCC5)C4)cc4ccn(Cc5ccc(C(F)(F)F)cc5)c34)CC2)cc1. The van der Waals surface area contributed by atoms with E-state index in [1.54, 1.807) is 24.3 Å². The van der Waals surface area contributed by atoms with Crippen molar-refractivity contribution in [1.82, 2.24) is 9.88 Å². The number of rotatable bonds is 7. The maximum Gasteiger partial charge on any atom is 0.416 e. The number of nitrogens with one attached hydrogen (secondary N) is 1. The normalized spacial score (nSPS) is 18.4. The zero-order chi connectivity index (χ0) is 29.3. The summed E-state index contributed by atoms with van der Waals surface area (Å²) in [5.74, 6) is -1.23. The van der Waals surface area contributed by atoms with Crippen LogP contribution < -0.4 is 10.2 Å². The van der Waals surface area contributed by atoms with E-state index in [9.17, 15) is 27.9 Å². The topological polar surface area (TPSA) is 74.6 Å². The highest BCUT2D eigenvalue weighted by atomic mass is 19.4. The second kappa shape index (κ2) is 9.37. The Kier molecular flexibility index (Phi) is 5.94. The number of carbonyl (C=O) groups is 2. The smallest absolute Gasteiger partial charge is 0.416 e. The first-order valence-corrected chi connectivity index (χ1v) is 14.2. The average Bonchev–Trinajstić information content (AvgIpc) is 3.58. The number of hydrogen-bond donors (Lipinski definition) is 2. The number of hydrogen-bond acceptors (Lipinski definition) is 3. The van der Waals surface area contributed by atoms with E-state index in [0.29, 0.717) is 23.1 Å². The number of carboxylic acid groups (broad SMARTS) is 1. The predicted octanol–water partition coefficient (Wildman–Crippen LogP) is 6.82. The fourth-order valence-electron chi connectivity index (χ4n) is 6.58. The molecule has 0 radical (unpaired) electrons. The molecule has 42 heavy (non-hydrogen) atoms. The Hall–Kier alpha value is -4.27. The van der Waals surface area contributed by atoms with Crippen molar-refractivity contribution in [2.75, 3.05) is 18.0 Å². The molecule has 4 aromatic rings. The lowest BCUT2D eigenvalue weighted by Gasteiger charge is -2.57. The number of aromatic carboxylic acids is 1. The summed E-state index contributed by atoms with van der Waals surface area (Å²) in [6.45, 7) is 2.27. The summed E-state index contributed by atoms with van der Waals surface area (Å²) < 4.78 is 41.2. The highest BCUT2D eigenvalue weighted by Crippen LogP contribution is 2.50. The maximum atomic E-state index is 14.0. The lowest BCUT2D eigenvalue weighted by Crippen LogP contribution is -2.59. The Labute approximate surface area is 240 Å². The molecule has 3 aromatic carbocycles. The standard InChI is InChI=1S/C33H30F3N3O3/c34-33(35,36)25-6-2-21(3-7-25)18-38-15-10-23-16-26(39-19-31(20-39)11-1-12-31)17-27(28(23)38)29(40)37-32(13-14-32)24-8-4-22(5-9-24)30(41)42/h2-10,15-17H,1,11-14,18-20H2,(H,37,40)(H,41,42). The van der Waals surface area contributed by atoms with Crippen LogP contribution in [0.5, 0.6) is 0 Å². The molecule has 216 valence electrons. The molecule has 9 heteroatoms. The van der Waals surface area contributed by atoms with E-state index in [2.05, 4.69) is 16.3 Å². The first kappa shape index (κ1) is 26.6. The van der Waals surface area contributed by atoms with Crippen molar-refractivity contribution in [3.63, 3.8) is 0 Å². The molecule has 2 saturated carbocycles. The zero-order valence-corrected chi connectivity index (χ0v) is 22.9. The first-order chi connectivity index (χ1) is 20.0. The van der Waals surface area contributed by atoms with Gasteiger partial charge in [-0.15, -0.1) is 0 Å². The lowest BCUT2D eigenvalue weighted by molar-refractivity contribution is -0.137. The van der Waals surface area contributed by atoms with Gasteiger partial charge in [0.15, 0.2) is 0 Å². The monoisotopic (exact) mass is 573 g/mol. The predicted molar refractivity (Wildman–Crippen MR) is 153 cm³/mol. The minimum Gasteiger partial charge on any atom is -0.478 e. The number of aromatic nitrogens is 1. The molecule has 2 N–H and O–H groups in total. The van der Waals surface area contributed by atoms with Crippen LogP contribution in [0.4, 0.5) is 18.9 Å². The van der Waals surface area contributed by atoms with Gasteiger partial charge in [-0.2, -0.15) is 13.2 Å². The van der Waals surface area contributed by atoms with E-state index in [1.807, 2.05) is 22.9 Å². The number of amides is 1. The van der Waals surface area contributed by atoms with Crippen LogP contribution in [-0.2, 0) is 18.3 Å². The number of carbonyl (C=O) groups excluding carboxylic acids is 1. The second-order valence-corrected chi connectivity index (χ2v) is 12.2. The Bertz CT molecular complexity index is 1690. The molecule has 0 bridgehead atoms. The van der Waals surface area contributed by atoms with Crippen molar-refractivity contribution >= 4 is 28.5 Å². The van der Waals surface area contributed by atoms with Gasteiger partial charge in [-0.1, -0.05) is 30.7 Å². The largest absolute Gasteiger partial charge is 0.478 e. The molecule has 0 atom stereocenters. The molecule has 1 aliphatic heterocycles. The first-order valence-electron chi connectivity index (χ1n) is 14.2. The summed E-state index contributed by atoms with van der Waals surface area (Å²) in [4.78, 5) is 27.7. The van der Waals surface area contributed by atoms with Gasteiger partial charge in [-0.25, -0.2) is 4.79 Å². The van der Waals surface area contributed by atoms with Gasteiger partial charge in [0, 0.05) is 42.3 Å². The van der Waals surface area contributed by atoms with Crippen LogP contribution in [0, 0.1) is 5.41 Å². The fraction of sp³-hybridized carbons (Fsp3) is 0.333. The fourth-order valence-corrected chi connectivity index (χ4v) is 6.58. The van der Waals surface area contributed by atoms with E-state index in [0.717, 1.165) is 60.2 Å². The minimum absolute atomic E-state index is 0.190. The van der Waals surface area contributed by atoms with Gasteiger partial charge >= 0.3 is 12.1 Å². The zero-order valence-electron chi connectivity index (χ0n) is 22.9. The molecule has 3 aliphatic rings. The summed E-state index contributed by atoms with van der Waals surface area (Å²) in [6, 6.07) is 17.7. The molecule has 2 heterocycles. The Balaban J connectivity index is 1.22. The van der Waals surface area contributed by atoms with E-state index in [1.165, 1.54) is 31.4 Å². The van der Waals surface area contributed by atoms with Crippen LogP contribution in [-0.4, -0.2) is 34.6 Å². The Morgan fingerprint density at radius 2 is 1.60 bits per heavy atom. The number of halogens is 3. The highest BCUT2D eigenvalue weighted by molar-refractivity contribution is 6.08. The number of fused-ring (bicyclic) bond motifs is 1. The van der Waals surface area contributed by atoms with Gasteiger partial charge in [0.1, 0.15) is 0 Å². The molecule has 3 fully saturated rings. The molecule has 1 aromatic heterocycles. The van der Waals surface area contributed by atoms with E-state index in [-0.39, 0.29) is 11.5 Å². The van der Waals surface area contributed by atoms with E-state index < -0.39 is 23.2 Å². The number of anilines is 1. The lowest BCUT2D eigenvalue weighted by atomic mass is 9.63. The molecule has 7 rings (SSSR count). The van der Waals surface area contributed by atoms with Gasteiger partial charge in [0.25, 0.3) is 5.91 Å². The van der Waals surface area contributed by atoms with E-state index in [4.69, 9.17) is 0 Å². The summed E-state index contributed by atoms with van der Waals surface area (Å²) in [7, 11) is 0. The van der Waals surface area contributed by atoms with Crippen molar-refractivity contribution in [2.45, 2.75) is 50.4 Å². The summed E-state index contributed by atoms with van der Waals surface area (Å²) in [5, 5.41) is 13.4. The summed E-state index contributed by atoms with van der Waals surface area (Å²) in [6.07, 6.45) is 2.72. The van der Waals surface area contributed by atoms with Gasteiger partial charge in [0.2, 0.25) is 0 Å². The molecule has 1 amide bonds. The third-order valence-corrected chi connectivity index (χ3v) is 9.34. The number of alkyl halides is 3. The number of benzene rings is 3. The highest BCUT2D eigenvalue weighted by Gasteiger charge is 2.48. The van der Waals surface area contributed by atoms with Crippen LogP contribution >= 0.6 is 0 Å². The number of carboxylic acids is 1. The summed E-state index contributed by atoms with van der Waals surface area (Å²) in [5.41, 5.74) is 3.14. The van der Waals surface area contributed by atoms with Gasteiger partial charge in [-0.05, 0) is 79.3 Å². The third kappa shape index (κ3) is 4.61. The van der Waals surface area contributed by atoms with Crippen molar-refractivity contribution in [1.29, 1.82) is 0 Å². The molecular weight excluding hydrogens is 543 g/mol.